The van der Waals surface area contributed by atoms with Crippen LogP contribution in [0.1, 0.15) is 62.0 Å². The number of amides is 1. The van der Waals surface area contributed by atoms with Crippen LogP contribution in [0.5, 0.6) is 0 Å². The average molecular weight is 473 g/mol. The Hall–Kier alpha value is -2.71. The third-order valence-corrected chi connectivity index (χ3v) is 7.16. The van der Waals surface area contributed by atoms with Gasteiger partial charge in [-0.25, -0.2) is 17.9 Å². The Labute approximate surface area is 196 Å². The smallest absolute Gasteiger partial charge is 0.338 e. The van der Waals surface area contributed by atoms with Gasteiger partial charge in [0.05, 0.1) is 10.5 Å². The highest BCUT2D eigenvalue weighted by Gasteiger charge is 2.29. The molecule has 1 atom stereocenters. The lowest BCUT2D eigenvalue weighted by molar-refractivity contribution is -0.124. The molecule has 0 heterocycles. The molecule has 0 saturated heterocycles. The molecule has 1 amide bonds. The average Bonchev–Trinajstić information content (AvgIpc) is 3.61. The molecule has 1 aliphatic carbocycles. The van der Waals surface area contributed by atoms with Gasteiger partial charge in [0, 0.05) is 12.6 Å². The molecule has 3 rings (SSSR count). The molecule has 1 saturated carbocycles. The summed E-state index contributed by atoms with van der Waals surface area (Å²) in [5.74, 6) is -0.392. The number of carbonyl (C=O) groups is 2. The summed E-state index contributed by atoms with van der Waals surface area (Å²) in [6.07, 6.45) is 2.24. The van der Waals surface area contributed by atoms with E-state index in [1.54, 1.807) is 36.4 Å². The van der Waals surface area contributed by atoms with Crippen LogP contribution in [0.15, 0.2) is 53.4 Å². The van der Waals surface area contributed by atoms with Crippen molar-refractivity contribution < 1.29 is 22.7 Å². The SMILES string of the molecule is CC(NC(=O)COC(=O)c1ccc(CNS(=O)(=O)c2ccc(C(C)(C)C)cc2)cc1)C1CC1. The first-order valence-corrected chi connectivity index (χ1v) is 12.6. The van der Waals surface area contributed by atoms with Crippen LogP contribution in [-0.4, -0.2) is 32.9 Å². The van der Waals surface area contributed by atoms with Crippen LogP contribution in [-0.2, 0) is 31.5 Å². The van der Waals surface area contributed by atoms with Crippen molar-refractivity contribution in [3.8, 4) is 0 Å². The Balaban J connectivity index is 1.50. The molecule has 2 aromatic carbocycles. The number of ether oxygens (including phenoxy) is 1. The highest BCUT2D eigenvalue weighted by molar-refractivity contribution is 7.89. The van der Waals surface area contributed by atoms with Crippen LogP contribution >= 0.6 is 0 Å². The second kappa shape index (κ2) is 10.1. The van der Waals surface area contributed by atoms with Crippen LogP contribution in [0, 0.1) is 5.92 Å². The van der Waals surface area contributed by atoms with E-state index in [4.69, 9.17) is 4.74 Å². The molecule has 7 nitrogen and oxygen atoms in total. The van der Waals surface area contributed by atoms with Crippen molar-refractivity contribution in [3.63, 3.8) is 0 Å². The van der Waals surface area contributed by atoms with Crippen molar-refractivity contribution in [3.05, 3.63) is 65.2 Å². The van der Waals surface area contributed by atoms with E-state index in [-0.39, 0.29) is 35.4 Å². The number of esters is 1. The Morgan fingerprint density at radius 1 is 1.03 bits per heavy atom. The van der Waals surface area contributed by atoms with Gasteiger partial charge in [-0.3, -0.25) is 4.79 Å². The summed E-state index contributed by atoms with van der Waals surface area (Å²) in [6.45, 7) is 7.91. The van der Waals surface area contributed by atoms with Gasteiger partial charge in [0.1, 0.15) is 0 Å². The predicted octanol–water partition coefficient (Wildman–Crippen LogP) is 3.53. The minimum Gasteiger partial charge on any atom is -0.452 e. The zero-order valence-corrected chi connectivity index (χ0v) is 20.4. The predicted molar refractivity (Wildman–Crippen MR) is 126 cm³/mol. The number of hydrogen-bond acceptors (Lipinski definition) is 5. The van der Waals surface area contributed by atoms with E-state index in [2.05, 4.69) is 30.8 Å². The van der Waals surface area contributed by atoms with E-state index in [0.29, 0.717) is 17.0 Å². The quantitative estimate of drug-likeness (QED) is 0.544. The molecule has 2 aromatic rings. The molecule has 0 aromatic heterocycles. The zero-order chi connectivity index (χ0) is 24.2. The van der Waals surface area contributed by atoms with Gasteiger partial charge in [0.15, 0.2) is 6.61 Å². The van der Waals surface area contributed by atoms with E-state index in [9.17, 15) is 18.0 Å². The Bertz CT molecular complexity index is 1080. The molecule has 33 heavy (non-hydrogen) atoms. The van der Waals surface area contributed by atoms with Crippen molar-refractivity contribution in [2.75, 3.05) is 6.61 Å². The maximum Gasteiger partial charge on any atom is 0.338 e. The van der Waals surface area contributed by atoms with Crippen LogP contribution in [0.3, 0.4) is 0 Å². The van der Waals surface area contributed by atoms with Crippen LogP contribution in [0.2, 0.25) is 0 Å². The second-order valence-electron chi connectivity index (χ2n) is 9.57. The van der Waals surface area contributed by atoms with Gasteiger partial charge in [-0.1, -0.05) is 45.0 Å². The summed E-state index contributed by atoms with van der Waals surface area (Å²) < 4.78 is 32.8. The van der Waals surface area contributed by atoms with Crippen LogP contribution in [0.25, 0.3) is 0 Å². The second-order valence-corrected chi connectivity index (χ2v) is 11.3. The van der Waals surface area contributed by atoms with Crippen molar-refractivity contribution in [2.24, 2.45) is 5.92 Å². The molecular weight excluding hydrogens is 440 g/mol. The van der Waals surface area contributed by atoms with E-state index < -0.39 is 16.0 Å². The molecule has 8 heteroatoms. The highest BCUT2D eigenvalue weighted by atomic mass is 32.2. The number of rotatable bonds is 9. The van der Waals surface area contributed by atoms with Gasteiger partial charge >= 0.3 is 5.97 Å². The lowest BCUT2D eigenvalue weighted by Gasteiger charge is -2.19. The van der Waals surface area contributed by atoms with E-state index >= 15 is 0 Å². The van der Waals surface area contributed by atoms with Crippen molar-refractivity contribution >= 4 is 21.9 Å². The van der Waals surface area contributed by atoms with Crippen LogP contribution < -0.4 is 10.0 Å². The Morgan fingerprint density at radius 2 is 1.64 bits per heavy atom. The third kappa shape index (κ3) is 7.14. The number of sulfonamides is 1. The Kier molecular flexibility index (Phi) is 7.59. The molecule has 1 unspecified atom stereocenters. The lowest BCUT2D eigenvalue weighted by atomic mass is 9.87. The normalized spacial score (nSPS) is 15.0. The largest absolute Gasteiger partial charge is 0.452 e. The highest BCUT2D eigenvalue weighted by Crippen LogP contribution is 2.32. The van der Waals surface area contributed by atoms with Gasteiger partial charge in [-0.05, 0) is 66.5 Å². The number of carbonyl (C=O) groups excluding carboxylic acids is 2. The van der Waals surface area contributed by atoms with Crippen molar-refractivity contribution in [1.82, 2.24) is 10.0 Å². The van der Waals surface area contributed by atoms with Gasteiger partial charge in [-0.2, -0.15) is 0 Å². The number of nitrogens with one attached hydrogen (secondary N) is 2. The molecule has 1 fully saturated rings. The summed E-state index contributed by atoms with van der Waals surface area (Å²) in [5, 5.41) is 2.83. The van der Waals surface area contributed by atoms with Crippen LogP contribution in [0.4, 0.5) is 0 Å². The summed E-state index contributed by atoms with van der Waals surface area (Å²) >= 11 is 0. The molecular formula is C25H32N2O5S. The zero-order valence-electron chi connectivity index (χ0n) is 19.6. The molecule has 0 aliphatic heterocycles. The number of hydrogen-bond donors (Lipinski definition) is 2. The maximum absolute atomic E-state index is 12.6. The maximum atomic E-state index is 12.6. The molecule has 1 aliphatic rings. The molecule has 0 spiro atoms. The molecule has 178 valence electrons. The van der Waals surface area contributed by atoms with E-state index in [1.165, 1.54) is 0 Å². The van der Waals surface area contributed by atoms with Gasteiger partial charge in [-0.15, -0.1) is 0 Å². The first-order valence-electron chi connectivity index (χ1n) is 11.1. The van der Waals surface area contributed by atoms with E-state index in [0.717, 1.165) is 18.4 Å². The summed E-state index contributed by atoms with van der Waals surface area (Å²) in [5.41, 5.74) is 1.98. The fraction of sp³-hybridized carbons (Fsp3) is 0.440. The first-order chi connectivity index (χ1) is 15.5. The standard InChI is InChI=1S/C25H32N2O5S/c1-17(19-9-10-19)27-23(28)16-32-24(29)20-7-5-18(6-8-20)15-26-33(30,31)22-13-11-21(12-14-22)25(2,3)4/h5-8,11-14,17,19,26H,9-10,15-16H2,1-4H3,(H,27,28). The lowest BCUT2D eigenvalue weighted by Crippen LogP contribution is -2.37. The summed E-state index contributed by atoms with van der Waals surface area (Å²) in [6, 6.07) is 13.3. The van der Waals surface area contributed by atoms with Crippen molar-refractivity contribution in [1.29, 1.82) is 0 Å². The minimum atomic E-state index is -3.66. The summed E-state index contributed by atoms with van der Waals surface area (Å²) in [7, 11) is -3.66. The Morgan fingerprint density at radius 3 is 2.18 bits per heavy atom. The van der Waals surface area contributed by atoms with E-state index in [1.807, 2.05) is 19.1 Å². The molecule has 0 bridgehead atoms. The topological polar surface area (TPSA) is 102 Å². The van der Waals surface area contributed by atoms with Gasteiger partial charge in [0.25, 0.3) is 5.91 Å². The number of benzene rings is 2. The molecule has 0 radical (unpaired) electrons. The first kappa shape index (κ1) is 24.9. The molecule has 2 N–H and O–H groups in total. The van der Waals surface area contributed by atoms with Crippen molar-refractivity contribution in [2.45, 2.75) is 63.4 Å². The monoisotopic (exact) mass is 472 g/mol. The third-order valence-electron chi connectivity index (χ3n) is 5.74. The van der Waals surface area contributed by atoms with Gasteiger partial charge in [0.2, 0.25) is 10.0 Å². The summed E-state index contributed by atoms with van der Waals surface area (Å²) in [4.78, 5) is 24.3. The van der Waals surface area contributed by atoms with Gasteiger partial charge < -0.3 is 10.1 Å². The fourth-order valence-electron chi connectivity index (χ4n) is 3.38. The fourth-order valence-corrected chi connectivity index (χ4v) is 4.40. The minimum absolute atomic E-state index is 0.0581.